The van der Waals surface area contributed by atoms with Gasteiger partial charge < -0.3 is 15.5 Å². The zero-order chi connectivity index (χ0) is 16.1. The number of amides is 1. The Morgan fingerprint density at radius 1 is 1.39 bits per heavy atom. The number of aromatic nitrogens is 2. The van der Waals surface area contributed by atoms with Crippen molar-refractivity contribution in [2.75, 3.05) is 31.1 Å². The van der Waals surface area contributed by atoms with Gasteiger partial charge in [-0.2, -0.15) is 0 Å². The van der Waals surface area contributed by atoms with Crippen molar-refractivity contribution in [3.63, 3.8) is 0 Å². The Labute approximate surface area is 140 Å². The quantitative estimate of drug-likeness (QED) is 0.756. The van der Waals surface area contributed by atoms with E-state index in [4.69, 9.17) is 0 Å². The van der Waals surface area contributed by atoms with Gasteiger partial charge in [-0.05, 0) is 37.3 Å². The van der Waals surface area contributed by atoms with Gasteiger partial charge in [-0.3, -0.25) is 4.79 Å². The van der Waals surface area contributed by atoms with Crippen LogP contribution in [0.3, 0.4) is 0 Å². The van der Waals surface area contributed by atoms with Crippen LogP contribution in [-0.4, -0.2) is 48.1 Å². The van der Waals surface area contributed by atoms with Crippen LogP contribution in [0.5, 0.6) is 0 Å². The highest BCUT2D eigenvalue weighted by Crippen LogP contribution is 2.31. The Morgan fingerprint density at radius 2 is 2.30 bits per heavy atom. The number of thiophene rings is 1. The number of carbonyl (C=O) groups excluding carboxylic acids is 1. The number of fused-ring (bicyclic) bond motifs is 1. The van der Waals surface area contributed by atoms with Crippen molar-refractivity contribution < 1.29 is 4.79 Å². The van der Waals surface area contributed by atoms with Gasteiger partial charge >= 0.3 is 0 Å². The smallest absolute Gasteiger partial charge is 0.242 e. The minimum Gasteiger partial charge on any atom is -0.353 e. The molecule has 1 aliphatic rings. The van der Waals surface area contributed by atoms with Gasteiger partial charge in [0.2, 0.25) is 5.91 Å². The second-order valence-electron chi connectivity index (χ2n) is 5.73. The number of rotatable bonds is 7. The first-order valence-corrected chi connectivity index (χ1v) is 9.12. The molecule has 0 aromatic carbocycles. The lowest BCUT2D eigenvalue weighted by Crippen LogP contribution is -2.45. The number of nitrogens with one attached hydrogen (secondary N) is 2. The fraction of sp³-hybridized carbons (Fsp3) is 0.562. The van der Waals surface area contributed by atoms with E-state index in [1.165, 1.54) is 0 Å². The van der Waals surface area contributed by atoms with Gasteiger partial charge in [-0.1, -0.05) is 6.92 Å². The fourth-order valence-electron chi connectivity index (χ4n) is 2.99. The molecule has 2 aromatic rings. The number of anilines is 1. The van der Waals surface area contributed by atoms with Crippen LogP contribution >= 0.6 is 11.3 Å². The lowest BCUT2D eigenvalue weighted by molar-refractivity contribution is -0.122. The molecular formula is C16H23N5OS. The van der Waals surface area contributed by atoms with Crippen molar-refractivity contribution >= 4 is 33.3 Å². The zero-order valence-corrected chi connectivity index (χ0v) is 14.2. The van der Waals surface area contributed by atoms with Gasteiger partial charge in [0.1, 0.15) is 23.0 Å². The Kier molecular flexibility index (Phi) is 5.40. The molecular weight excluding hydrogens is 310 g/mol. The summed E-state index contributed by atoms with van der Waals surface area (Å²) >= 11 is 1.60. The summed E-state index contributed by atoms with van der Waals surface area (Å²) in [5, 5.41) is 9.40. The van der Waals surface area contributed by atoms with Crippen LogP contribution in [0.4, 0.5) is 5.82 Å². The standard InChI is InChI=1S/C16H23N5OS/c1-2-6-17-7-8-18-15(22)13-4-3-9-21(13)14-12-5-10-23-16(12)20-11-19-14/h5,10-11,13,17H,2-4,6-9H2,1H3,(H,18,22). The first-order chi connectivity index (χ1) is 11.3. The second kappa shape index (κ2) is 7.70. The molecule has 2 aromatic heterocycles. The summed E-state index contributed by atoms with van der Waals surface area (Å²) < 4.78 is 0. The average Bonchev–Trinajstić information content (AvgIpc) is 3.23. The normalized spacial score (nSPS) is 17.8. The van der Waals surface area contributed by atoms with E-state index in [9.17, 15) is 4.79 Å². The Balaban J connectivity index is 1.66. The molecule has 1 saturated heterocycles. The van der Waals surface area contributed by atoms with Gasteiger partial charge in [0.15, 0.2) is 0 Å². The molecule has 0 aliphatic carbocycles. The van der Waals surface area contributed by atoms with Crippen LogP contribution in [0.15, 0.2) is 17.8 Å². The van der Waals surface area contributed by atoms with E-state index in [2.05, 4.69) is 32.4 Å². The molecule has 3 rings (SSSR count). The van der Waals surface area contributed by atoms with Crippen molar-refractivity contribution in [1.82, 2.24) is 20.6 Å². The molecule has 0 bridgehead atoms. The Bertz CT molecular complexity index is 659. The number of nitrogens with zero attached hydrogens (tertiary/aromatic N) is 3. The van der Waals surface area contributed by atoms with E-state index >= 15 is 0 Å². The molecule has 0 spiro atoms. The predicted octanol–water partition coefficient (Wildman–Crippen LogP) is 1.78. The summed E-state index contributed by atoms with van der Waals surface area (Å²) in [6.45, 7) is 5.47. The largest absolute Gasteiger partial charge is 0.353 e. The minimum absolute atomic E-state index is 0.0998. The highest BCUT2D eigenvalue weighted by Gasteiger charge is 2.32. The molecule has 23 heavy (non-hydrogen) atoms. The van der Waals surface area contributed by atoms with Gasteiger partial charge in [0.05, 0.1) is 5.39 Å². The molecule has 3 heterocycles. The van der Waals surface area contributed by atoms with Gasteiger partial charge in [0, 0.05) is 19.6 Å². The summed E-state index contributed by atoms with van der Waals surface area (Å²) in [4.78, 5) is 24.4. The maximum atomic E-state index is 12.5. The highest BCUT2D eigenvalue weighted by molar-refractivity contribution is 7.16. The number of hydrogen-bond donors (Lipinski definition) is 2. The minimum atomic E-state index is -0.126. The van der Waals surface area contributed by atoms with E-state index in [0.29, 0.717) is 6.54 Å². The third-order valence-electron chi connectivity index (χ3n) is 4.10. The number of carbonyl (C=O) groups is 1. The SMILES string of the molecule is CCCNCCNC(=O)C1CCCN1c1ncnc2sccc12. The second-order valence-corrected chi connectivity index (χ2v) is 6.62. The van der Waals surface area contributed by atoms with Crippen LogP contribution in [-0.2, 0) is 4.79 Å². The molecule has 1 fully saturated rings. The Morgan fingerprint density at radius 3 is 3.17 bits per heavy atom. The third kappa shape index (κ3) is 3.61. The molecule has 0 radical (unpaired) electrons. The monoisotopic (exact) mass is 333 g/mol. The first kappa shape index (κ1) is 16.1. The maximum absolute atomic E-state index is 12.5. The van der Waals surface area contributed by atoms with Crippen LogP contribution in [0.25, 0.3) is 10.2 Å². The fourth-order valence-corrected chi connectivity index (χ4v) is 3.72. The summed E-state index contributed by atoms with van der Waals surface area (Å²) in [7, 11) is 0. The van der Waals surface area contributed by atoms with Crippen molar-refractivity contribution in [3.05, 3.63) is 17.8 Å². The van der Waals surface area contributed by atoms with Crippen LogP contribution in [0.2, 0.25) is 0 Å². The van der Waals surface area contributed by atoms with Crippen molar-refractivity contribution in [1.29, 1.82) is 0 Å². The van der Waals surface area contributed by atoms with Crippen LogP contribution in [0, 0.1) is 0 Å². The molecule has 1 unspecified atom stereocenters. The molecule has 124 valence electrons. The van der Waals surface area contributed by atoms with E-state index in [-0.39, 0.29) is 11.9 Å². The van der Waals surface area contributed by atoms with E-state index in [1.54, 1.807) is 17.7 Å². The number of hydrogen-bond acceptors (Lipinski definition) is 6. The highest BCUT2D eigenvalue weighted by atomic mass is 32.1. The summed E-state index contributed by atoms with van der Waals surface area (Å²) in [5.41, 5.74) is 0. The van der Waals surface area contributed by atoms with Gasteiger partial charge in [0.25, 0.3) is 0 Å². The van der Waals surface area contributed by atoms with E-state index in [0.717, 1.165) is 54.9 Å². The van der Waals surface area contributed by atoms with E-state index < -0.39 is 0 Å². The molecule has 1 atom stereocenters. The van der Waals surface area contributed by atoms with E-state index in [1.807, 2.05) is 11.4 Å². The Hall–Kier alpha value is -1.73. The lowest BCUT2D eigenvalue weighted by Gasteiger charge is -2.25. The third-order valence-corrected chi connectivity index (χ3v) is 4.92. The molecule has 1 aliphatic heterocycles. The molecule has 6 nitrogen and oxygen atoms in total. The first-order valence-electron chi connectivity index (χ1n) is 8.24. The van der Waals surface area contributed by atoms with Crippen molar-refractivity contribution in [3.8, 4) is 0 Å². The summed E-state index contributed by atoms with van der Waals surface area (Å²) in [6, 6.07) is 1.91. The van der Waals surface area contributed by atoms with Crippen LogP contribution < -0.4 is 15.5 Å². The maximum Gasteiger partial charge on any atom is 0.242 e. The van der Waals surface area contributed by atoms with Gasteiger partial charge in [-0.15, -0.1) is 11.3 Å². The topological polar surface area (TPSA) is 70.2 Å². The summed E-state index contributed by atoms with van der Waals surface area (Å²) in [5.74, 6) is 0.987. The molecule has 1 amide bonds. The van der Waals surface area contributed by atoms with Crippen molar-refractivity contribution in [2.45, 2.75) is 32.2 Å². The van der Waals surface area contributed by atoms with Crippen molar-refractivity contribution in [2.24, 2.45) is 0 Å². The molecule has 0 saturated carbocycles. The van der Waals surface area contributed by atoms with Crippen LogP contribution in [0.1, 0.15) is 26.2 Å². The van der Waals surface area contributed by atoms with Gasteiger partial charge in [-0.25, -0.2) is 9.97 Å². The predicted molar refractivity (Wildman–Crippen MR) is 94.0 cm³/mol. The molecule has 2 N–H and O–H groups in total. The lowest BCUT2D eigenvalue weighted by atomic mass is 10.2. The molecule has 7 heteroatoms. The summed E-state index contributed by atoms with van der Waals surface area (Å²) in [6.07, 6.45) is 4.59. The average molecular weight is 333 g/mol. The zero-order valence-electron chi connectivity index (χ0n) is 13.4.